The molecule has 0 N–H and O–H groups in total. The van der Waals surface area contributed by atoms with Gasteiger partial charge >= 0.3 is 5.97 Å². The second-order valence-electron chi connectivity index (χ2n) is 4.12. The molecule has 1 heterocycles. The fourth-order valence-electron chi connectivity index (χ4n) is 2.06. The Bertz CT molecular complexity index is 626. The summed E-state index contributed by atoms with van der Waals surface area (Å²) in [5.41, 5.74) is 2.96. The van der Waals surface area contributed by atoms with Crippen molar-refractivity contribution in [3.05, 3.63) is 34.6 Å². The number of alkyl halides is 1. The minimum atomic E-state index is -0.486. The van der Waals surface area contributed by atoms with Gasteiger partial charge in [0.2, 0.25) is 0 Å². The summed E-state index contributed by atoms with van der Waals surface area (Å²) in [5.74, 6) is -0.228. The Morgan fingerprint density at radius 1 is 1.33 bits per heavy atom. The Morgan fingerprint density at radius 3 is 2.67 bits per heavy atom. The highest BCUT2D eigenvalue weighted by Crippen LogP contribution is 2.26. The zero-order chi connectivity index (χ0) is 13.3. The SMILES string of the molecule is COC(=O)c1nnc(CCl)c2cc(C)cc(C)c12. The average Bonchev–Trinajstić information content (AvgIpc) is 2.36. The van der Waals surface area contributed by atoms with Crippen molar-refractivity contribution in [2.75, 3.05) is 7.11 Å². The van der Waals surface area contributed by atoms with Gasteiger partial charge in [0, 0.05) is 10.8 Å². The maximum absolute atomic E-state index is 11.7. The van der Waals surface area contributed by atoms with Crippen LogP contribution in [0.4, 0.5) is 0 Å². The molecule has 4 nitrogen and oxygen atoms in total. The summed E-state index contributed by atoms with van der Waals surface area (Å²) < 4.78 is 4.73. The van der Waals surface area contributed by atoms with Gasteiger partial charge in [0.05, 0.1) is 18.7 Å². The van der Waals surface area contributed by atoms with Crippen LogP contribution in [0.3, 0.4) is 0 Å². The number of esters is 1. The van der Waals surface area contributed by atoms with E-state index >= 15 is 0 Å². The number of nitrogens with zero attached hydrogens (tertiary/aromatic N) is 2. The van der Waals surface area contributed by atoms with Crippen LogP contribution in [0.2, 0.25) is 0 Å². The van der Waals surface area contributed by atoms with Gasteiger partial charge in [-0.05, 0) is 25.5 Å². The topological polar surface area (TPSA) is 52.1 Å². The van der Waals surface area contributed by atoms with E-state index in [9.17, 15) is 4.79 Å². The Labute approximate surface area is 110 Å². The number of halogens is 1. The lowest BCUT2D eigenvalue weighted by molar-refractivity contribution is 0.0595. The van der Waals surface area contributed by atoms with Crippen molar-refractivity contribution in [3.8, 4) is 0 Å². The monoisotopic (exact) mass is 264 g/mol. The van der Waals surface area contributed by atoms with E-state index in [1.807, 2.05) is 26.0 Å². The van der Waals surface area contributed by atoms with Gasteiger partial charge in [0.1, 0.15) is 0 Å². The van der Waals surface area contributed by atoms with Crippen LogP contribution in [-0.4, -0.2) is 23.3 Å². The van der Waals surface area contributed by atoms with Gasteiger partial charge < -0.3 is 4.74 Å². The zero-order valence-corrected chi connectivity index (χ0v) is 11.2. The predicted octanol–water partition coefficient (Wildman–Crippen LogP) is 2.77. The number of hydrogen-bond acceptors (Lipinski definition) is 4. The van der Waals surface area contributed by atoms with Gasteiger partial charge in [-0.3, -0.25) is 0 Å². The minimum Gasteiger partial charge on any atom is -0.464 e. The molecule has 1 aromatic carbocycles. The number of carbonyl (C=O) groups is 1. The van der Waals surface area contributed by atoms with Crippen molar-refractivity contribution in [1.82, 2.24) is 10.2 Å². The van der Waals surface area contributed by atoms with E-state index in [1.165, 1.54) is 7.11 Å². The van der Waals surface area contributed by atoms with Crippen LogP contribution in [-0.2, 0) is 10.6 Å². The van der Waals surface area contributed by atoms with Crippen molar-refractivity contribution >= 4 is 28.3 Å². The summed E-state index contributed by atoms with van der Waals surface area (Å²) in [6.45, 7) is 3.92. The van der Waals surface area contributed by atoms with Gasteiger partial charge in [-0.15, -0.1) is 16.7 Å². The van der Waals surface area contributed by atoms with Crippen molar-refractivity contribution in [3.63, 3.8) is 0 Å². The summed E-state index contributed by atoms with van der Waals surface area (Å²) in [4.78, 5) is 11.7. The fraction of sp³-hybridized carbons (Fsp3) is 0.308. The highest BCUT2D eigenvalue weighted by atomic mass is 35.5. The summed E-state index contributed by atoms with van der Waals surface area (Å²) in [5, 5.41) is 9.55. The molecule has 18 heavy (non-hydrogen) atoms. The zero-order valence-electron chi connectivity index (χ0n) is 10.5. The third-order valence-corrected chi connectivity index (χ3v) is 3.06. The lowest BCUT2D eigenvalue weighted by Gasteiger charge is -2.10. The maximum atomic E-state index is 11.7. The summed E-state index contributed by atoms with van der Waals surface area (Å²) in [6, 6.07) is 3.95. The number of benzene rings is 1. The smallest absolute Gasteiger partial charge is 0.359 e. The first-order chi connectivity index (χ1) is 8.58. The molecular weight excluding hydrogens is 252 g/mol. The Morgan fingerprint density at radius 2 is 2.06 bits per heavy atom. The molecule has 0 unspecified atom stereocenters. The molecule has 0 radical (unpaired) electrons. The third kappa shape index (κ3) is 2.04. The Hall–Kier alpha value is -1.68. The summed E-state index contributed by atoms with van der Waals surface area (Å²) in [7, 11) is 1.33. The van der Waals surface area contributed by atoms with Crippen LogP contribution in [0, 0.1) is 13.8 Å². The second kappa shape index (κ2) is 4.90. The lowest BCUT2D eigenvalue weighted by atomic mass is 10.0. The van der Waals surface area contributed by atoms with E-state index < -0.39 is 5.97 Å². The number of fused-ring (bicyclic) bond motifs is 1. The molecule has 0 bridgehead atoms. The van der Waals surface area contributed by atoms with Gasteiger partial charge in [-0.25, -0.2) is 4.79 Å². The molecule has 0 aliphatic rings. The van der Waals surface area contributed by atoms with Gasteiger partial charge in [0.15, 0.2) is 5.69 Å². The molecule has 94 valence electrons. The maximum Gasteiger partial charge on any atom is 0.359 e. The number of rotatable bonds is 2. The Balaban J connectivity index is 2.88. The highest BCUT2D eigenvalue weighted by Gasteiger charge is 2.17. The van der Waals surface area contributed by atoms with Crippen LogP contribution in [0.5, 0.6) is 0 Å². The third-order valence-electron chi connectivity index (χ3n) is 2.80. The van der Waals surface area contributed by atoms with Crippen LogP contribution >= 0.6 is 11.6 Å². The summed E-state index contributed by atoms with van der Waals surface area (Å²) in [6.07, 6.45) is 0. The van der Waals surface area contributed by atoms with Crippen LogP contribution < -0.4 is 0 Å². The molecule has 1 aromatic heterocycles. The molecule has 0 saturated heterocycles. The average molecular weight is 265 g/mol. The van der Waals surface area contributed by atoms with E-state index in [0.29, 0.717) is 5.69 Å². The molecule has 2 aromatic rings. The number of methoxy groups -OCH3 is 1. The first kappa shape index (κ1) is 12.8. The predicted molar refractivity (Wildman–Crippen MR) is 69.9 cm³/mol. The first-order valence-electron chi connectivity index (χ1n) is 5.49. The van der Waals surface area contributed by atoms with Crippen molar-refractivity contribution < 1.29 is 9.53 Å². The number of aryl methyl sites for hydroxylation is 2. The number of ether oxygens (including phenoxy) is 1. The lowest BCUT2D eigenvalue weighted by Crippen LogP contribution is -2.09. The van der Waals surface area contributed by atoms with Crippen LogP contribution in [0.1, 0.15) is 27.3 Å². The quantitative estimate of drug-likeness (QED) is 0.618. The van der Waals surface area contributed by atoms with E-state index in [2.05, 4.69) is 10.2 Å². The Kier molecular flexibility index (Phi) is 3.48. The van der Waals surface area contributed by atoms with E-state index in [-0.39, 0.29) is 11.6 Å². The largest absolute Gasteiger partial charge is 0.464 e. The van der Waals surface area contributed by atoms with Crippen molar-refractivity contribution in [2.24, 2.45) is 0 Å². The number of carbonyl (C=O) groups excluding carboxylic acids is 1. The molecule has 2 rings (SSSR count). The summed E-state index contributed by atoms with van der Waals surface area (Å²) >= 11 is 5.86. The van der Waals surface area contributed by atoms with Crippen molar-refractivity contribution in [2.45, 2.75) is 19.7 Å². The van der Waals surface area contributed by atoms with Crippen molar-refractivity contribution in [1.29, 1.82) is 0 Å². The fourth-order valence-corrected chi connectivity index (χ4v) is 2.26. The normalized spacial score (nSPS) is 10.7. The molecular formula is C13H13ClN2O2. The van der Waals surface area contributed by atoms with Crippen LogP contribution in [0.15, 0.2) is 12.1 Å². The van der Waals surface area contributed by atoms with E-state index in [4.69, 9.17) is 16.3 Å². The molecule has 0 fully saturated rings. The second-order valence-corrected chi connectivity index (χ2v) is 4.39. The van der Waals surface area contributed by atoms with Gasteiger partial charge in [-0.2, -0.15) is 5.10 Å². The molecule has 0 spiro atoms. The van der Waals surface area contributed by atoms with E-state index in [0.717, 1.165) is 21.9 Å². The number of aromatic nitrogens is 2. The highest BCUT2D eigenvalue weighted by molar-refractivity contribution is 6.18. The molecule has 0 aliphatic heterocycles. The van der Waals surface area contributed by atoms with E-state index in [1.54, 1.807) is 0 Å². The minimum absolute atomic E-state index is 0.235. The molecule has 0 saturated carbocycles. The standard InChI is InChI=1S/C13H13ClN2O2/c1-7-4-8(2)11-9(5-7)10(6-14)15-16-12(11)13(17)18-3/h4-5H,6H2,1-3H3. The number of hydrogen-bond donors (Lipinski definition) is 0. The van der Waals surface area contributed by atoms with Crippen LogP contribution in [0.25, 0.3) is 10.8 Å². The molecule has 0 amide bonds. The molecule has 0 aliphatic carbocycles. The first-order valence-corrected chi connectivity index (χ1v) is 6.02. The molecule has 5 heteroatoms. The van der Waals surface area contributed by atoms with Gasteiger partial charge in [-0.1, -0.05) is 11.6 Å². The molecule has 0 atom stereocenters. The van der Waals surface area contributed by atoms with Gasteiger partial charge in [0.25, 0.3) is 0 Å².